The molecule has 6 nitrogen and oxygen atoms in total. The molecule has 0 saturated heterocycles. The fraction of sp³-hybridized carbons (Fsp3) is 0.217. The van der Waals surface area contributed by atoms with Gasteiger partial charge in [-0.25, -0.2) is 13.6 Å². The molecule has 0 unspecified atom stereocenters. The minimum atomic E-state index is -4.02. The van der Waals surface area contributed by atoms with Crippen LogP contribution in [-0.2, 0) is 16.6 Å². The Morgan fingerprint density at radius 2 is 1.71 bits per heavy atom. The first-order valence-corrected chi connectivity index (χ1v) is 12.4. The number of ether oxygens (including phenoxy) is 1. The second-order valence-corrected chi connectivity index (χ2v) is 9.52. The Morgan fingerprint density at radius 3 is 2.35 bits per heavy atom. The summed E-state index contributed by atoms with van der Waals surface area (Å²) in [5.41, 5.74) is 2.29. The van der Waals surface area contributed by atoms with Gasteiger partial charge < -0.3 is 15.4 Å². The fourth-order valence-corrected chi connectivity index (χ4v) is 3.98. The van der Waals surface area contributed by atoms with Crippen LogP contribution < -0.4 is 20.5 Å². The molecule has 0 aliphatic carbocycles. The van der Waals surface area contributed by atoms with Crippen LogP contribution >= 0.6 is 15.9 Å². The zero-order chi connectivity index (χ0) is 22.3. The minimum Gasteiger partial charge on any atom is -0.454 e. The summed E-state index contributed by atoms with van der Waals surface area (Å²) in [6.07, 6.45) is 1.95. The zero-order valence-corrected chi connectivity index (χ0v) is 19.7. The Bertz CT molecular complexity index is 1100. The first kappa shape index (κ1) is 23.1. The van der Waals surface area contributed by atoms with Gasteiger partial charge in [0.25, 0.3) is 0 Å². The van der Waals surface area contributed by atoms with Gasteiger partial charge in [-0.1, -0.05) is 47.5 Å². The van der Waals surface area contributed by atoms with Gasteiger partial charge in [-0.15, -0.1) is 0 Å². The monoisotopic (exact) mass is 503 g/mol. The van der Waals surface area contributed by atoms with Crippen molar-refractivity contribution in [1.29, 1.82) is 0 Å². The van der Waals surface area contributed by atoms with Crippen LogP contribution in [0.3, 0.4) is 0 Å². The molecule has 0 saturated carbocycles. The van der Waals surface area contributed by atoms with E-state index in [4.69, 9.17) is 9.88 Å². The summed E-state index contributed by atoms with van der Waals surface area (Å²) in [6, 6.07) is 20.3. The van der Waals surface area contributed by atoms with E-state index in [-0.39, 0.29) is 10.6 Å². The largest absolute Gasteiger partial charge is 0.454 e. The number of nitrogens with one attached hydrogen (secondary N) is 2. The summed E-state index contributed by atoms with van der Waals surface area (Å²) in [5, 5.41) is 12.2. The van der Waals surface area contributed by atoms with Gasteiger partial charge in [0.1, 0.15) is 10.6 Å². The summed E-state index contributed by atoms with van der Waals surface area (Å²) >= 11 is 3.42. The third kappa shape index (κ3) is 6.72. The van der Waals surface area contributed by atoms with Gasteiger partial charge in [0, 0.05) is 23.2 Å². The van der Waals surface area contributed by atoms with Crippen LogP contribution in [0.1, 0.15) is 25.3 Å². The predicted molar refractivity (Wildman–Crippen MR) is 129 cm³/mol. The highest BCUT2D eigenvalue weighted by Crippen LogP contribution is 2.37. The number of nitrogens with two attached hydrogens (primary N) is 1. The third-order valence-corrected chi connectivity index (χ3v) is 6.02. The molecule has 31 heavy (non-hydrogen) atoms. The zero-order valence-electron chi connectivity index (χ0n) is 17.3. The molecule has 0 bridgehead atoms. The van der Waals surface area contributed by atoms with Gasteiger partial charge in [0.05, 0.1) is 5.69 Å². The van der Waals surface area contributed by atoms with E-state index in [1.165, 1.54) is 0 Å². The molecular formula is C23H26BrN3O3S. The maximum Gasteiger partial charge on any atom is 0.241 e. The predicted octanol–water partition coefficient (Wildman–Crippen LogP) is 5.71. The molecule has 3 rings (SSSR count). The fourth-order valence-electron chi connectivity index (χ4n) is 2.99. The number of anilines is 2. The number of rotatable bonds is 10. The highest BCUT2D eigenvalue weighted by Gasteiger charge is 2.21. The molecule has 0 radical (unpaired) electrons. The van der Waals surface area contributed by atoms with Crippen molar-refractivity contribution in [2.45, 2.75) is 31.2 Å². The lowest BCUT2D eigenvalue weighted by Gasteiger charge is -2.18. The molecule has 0 fully saturated rings. The lowest BCUT2D eigenvalue weighted by atomic mass is 10.1. The smallest absolute Gasteiger partial charge is 0.241 e. The highest BCUT2D eigenvalue weighted by atomic mass is 79.9. The van der Waals surface area contributed by atoms with Gasteiger partial charge in [-0.3, -0.25) is 0 Å². The maximum atomic E-state index is 12.4. The lowest BCUT2D eigenvalue weighted by Crippen LogP contribution is -2.16. The van der Waals surface area contributed by atoms with Crippen LogP contribution in [0.15, 0.2) is 76.1 Å². The first-order valence-electron chi connectivity index (χ1n) is 10.0. The molecule has 0 spiro atoms. The van der Waals surface area contributed by atoms with E-state index in [1.807, 2.05) is 48.5 Å². The van der Waals surface area contributed by atoms with Gasteiger partial charge in [0.15, 0.2) is 5.75 Å². The third-order valence-electron chi connectivity index (χ3n) is 4.57. The number of primary sulfonamides is 1. The van der Waals surface area contributed by atoms with Crippen molar-refractivity contribution in [2.24, 2.45) is 5.14 Å². The van der Waals surface area contributed by atoms with E-state index in [9.17, 15) is 8.42 Å². The maximum absolute atomic E-state index is 12.4. The SMILES string of the molecule is CCCCNc1cc(CNc2ccc(Br)cc2)cc(S(N)(=O)=O)c1Oc1ccccc1. The summed E-state index contributed by atoms with van der Waals surface area (Å²) in [6.45, 7) is 3.21. The Labute approximate surface area is 192 Å². The molecule has 3 aromatic rings. The van der Waals surface area contributed by atoms with Gasteiger partial charge >= 0.3 is 0 Å². The van der Waals surface area contributed by atoms with E-state index < -0.39 is 10.0 Å². The Hall–Kier alpha value is -2.55. The number of unbranched alkanes of at least 4 members (excludes halogenated alkanes) is 1. The van der Waals surface area contributed by atoms with Crippen molar-refractivity contribution >= 4 is 37.3 Å². The Morgan fingerprint density at radius 1 is 1.00 bits per heavy atom. The van der Waals surface area contributed by atoms with Gasteiger partial charge in [-0.2, -0.15) is 0 Å². The summed E-state index contributed by atoms with van der Waals surface area (Å²) in [5.74, 6) is 0.740. The molecule has 0 heterocycles. The molecule has 0 aliphatic heterocycles. The number of hydrogen-bond donors (Lipinski definition) is 3. The molecule has 3 aromatic carbocycles. The minimum absolute atomic E-state index is 0.0505. The van der Waals surface area contributed by atoms with Gasteiger partial charge in [0.2, 0.25) is 10.0 Å². The average Bonchev–Trinajstić information content (AvgIpc) is 2.74. The quantitative estimate of drug-likeness (QED) is 0.308. The Balaban J connectivity index is 1.97. The van der Waals surface area contributed by atoms with Crippen molar-refractivity contribution in [3.05, 3.63) is 76.8 Å². The molecule has 164 valence electrons. The molecule has 0 atom stereocenters. The molecule has 0 amide bonds. The van der Waals surface area contributed by atoms with Gasteiger partial charge in [-0.05, 0) is 60.5 Å². The van der Waals surface area contributed by atoms with Crippen molar-refractivity contribution in [3.63, 3.8) is 0 Å². The summed E-state index contributed by atoms with van der Waals surface area (Å²) in [4.78, 5) is -0.0505. The van der Waals surface area contributed by atoms with Crippen LogP contribution in [0.4, 0.5) is 11.4 Å². The van der Waals surface area contributed by atoms with Crippen molar-refractivity contribution in [2.75, 3.05) is 17.2 Å². The number of sulfonamides is 1. The second-order valence-electron chi connectivity index (χ2n) is 7.07. The normalized spacial score (nSPS) is 11.2. The standard InChI is InChI=1S/C23H26BrN3O3S/c1-2-3-13-26-21-14-17(16-27-19-11-9-18(24)10-12-19)15-22(31(25,28)29)23(21)30-20-7-5-4-6-8-20/h4-12,14-15,26-27H,2-3,13,16H2,1H3,(H2,25,28,29). The topological polar surface area (TPSA) is 93.5 Å². The van der Waals surface area contributed by atoms with E-state index >= 15 is 0 Å². The van der Waals surface area contributed by atoms with Crippen molar-refractivity contribution < 1.29 is 13.2 Å². The number of hydrogen-bond acceptors (Lipinski definition) is 5. The number of para-hydroxylation sites is 1. The lowest BCUT2D eigenvalue weighted by molar-refractivity contribution is 0.469. The van der Waals surface area contributed by atoms with Crippen molar-refractivity contribution in [3.8, 4) is 11.5 Å². The van der Waals surface area contributed by atoms with Crippen LogP contribution in [0.2, 0.25) is 0 Å². The molecular weight excluding hydrogens is 478 g/mol. The summed E-state index contributed by atoms with van der Waals surface area (Å²) in [7, 11) is -4.02. The van der Waals surface area contributed by atoms with E-state index in [2.05, 4.69) is 33.5 Å². The average molecular weight is 504 g/mol. The van der Waals surface area contributed by atoms with E-state index in [1.54, 1.807) is 18.2 Å². The second kappa shape index (κ2) is 10.7. The number of halogens is 1. The number of benzene rings is 3. The summed E-state index contributed by atoms with van der Waals surface area (Å²) < 4.78 is 31.8. The molecule has 0 aliphatic rings. The van der Waals surface area contributed by atoms with E-state index in [0.717, 1.165) is 28.6 Å². The van der Waals surface area contributed by atoms with Crippen LogP contribution in [0, 0.1) is 0 Å². The Kier molecular flexibility index (Phi) is 7.95. The molecule has 0 aromatic heterocycles. The van der Waals surface area contributed by atoms with Crippen LogP contribution in [-0.4, -0.2) is 15.0 Å². The van der Waals surface area contributed by atoms with E-state index in [0.29, 0.717) is 24.5 Å². The molecule has 8 heteroatoms. The first-order chi connectivity index (χ1) is 14.9. The van der Waals surface area contributed by atoms with Crippen LogP contribution in [0.25, 0.3) is 0 Å². The van der Waals surface area contributed by atoms with Crippen molar-refractivity contribution in [1.82, 2.24) is 0 Å². The van der Waals surface area contributed by atoms with Crippen LogP contribution in [0.5, 0.6) is 11.5 Å². The highest BCUT2D eigenvalue weighted by molar-refractivity contribution is 9.10. The molecule has 4 N–H and O–H groups in total.